The molecular weight excluding hydrogens is 394 g/mol. The van der Waals surface area contributed by atoms with Gasteiger partial charge in [-0.2, -0.15) is 0 Å². The fraction of sp³-hybridized carbons (Fsp3) is 0.259. The highest BCUT2D eigenvalue weighted by Crippen LogP contribution is 2.25. The average Bonchev–Trinajstić information content (AvgIpc) is 3.39. The van der Waals surface area contributed by atoms with Gasteiger partial charge in [-0.1, -0.05) is 36.9 Å². The Hall–Kier alpha value is -3.44. The second kappa shape index (κ2) is 10.2. The molecule has 0 saturated carbocycles. The number of benzene rings is 2. The number of anilines is 2. The molecule has 0 unspecified atom stereocenters. The second-order valence-electron chi connectivity index (χ2n) is 8.16. The van der Waals surface area contributed by atoms with Crippen molar-refractivity contribution in [3.05, 3.63) is 78.6 Å². The Bertz CT molecular complexity index is 1140. The van der Waals surface area contributed by atoms with Crippen molar-refractivity contribution in [2.24, 2.45) is 4.99 Å². The zero-order chi connectivity index (χ0) is 22.3. The summed E-state index contributed by atoms with van der Waals surface area (Å²) in [5.41, 5.74) is 5.03. The van der Waals surface area contributed by atoms with Crippen molar-refractivity contribution in [1.29, 1.82) is 0 Å². The Labute approximate surface area is 190 Å². The number of aromatic nitrogens is 1. The van der Waals surface area contributed by atoms with E-state index in [4.69, 9.17) is 0 Å². The summed E-state index contributed by atoms with van der Waals surface area (Å²) in [6.07, 6.45) is 8.59. The van der Waals surface area contributed by atoms with Gasteiger partial charge >= 0.3 is 0 Å². The number of likely N-dealkylation sites (N-methyl/N-ethyl adjacent to an activating group) is 1. The Morgan fingerprint density at radius 2 is 1.84 bits per heavy atom. The summed E-state index contributed by atoms with van der Waals surface area (Å²) in [5.74, 6) is 0.895. The minimum Gasteiger partial charge on any atom is -0.373 e. The lowest BCUT2D eigenvalue weighted by atomic mass is 10.0. The van der Waals surface area contributed by atoms with E-state index in [0.29, 0.717) is 0 Å². The van der Waals surface area contributed by atoms with Gasteiger partial charge in [0.1, 0.15) is 5.82 Å². The summed E-state index contributed by atoms with van der Waals surface area (Å²) in [5, 5.41) is 5.42. The van der Waals surface area contributed by atoms with Crippen molar-refractivity contribution in [2.75, 3.05) is 50.5 Å². The Kier molecular flexibility index (Phi) is 6.97. The molecule has 2 aliphatic heterocycles. The van der Waals surface area contributed by atoms with Gasteiger partial charge in [0.25, 0.3) is 0 Å². The predicted molar refractivity (Wildman–Crippen MR) is 139 cm³/mol. The molecule has 0 atom stereocenters. The molecule has 164 valence electrons. The summed E-state index contributed by atoms with van der Waals surface area (Å²) in [6.45, 7) is 8.35. The van der Waals surface area contributed by atoms with E-state index in [-0.39, 0.29) is 0 Å². The molecule has 5 nitrogen and oxygen atoms in total. The van der Waals surface area contributed by atoms with Crippen LogP contribution < -0.4 is 10.2 Å². The third-order valence-electron chi connectivity index (χ3n) is 5.97. The summed E-state index contributed by atoms with van der Waals surface area (Å²) < 4.78 is 0. The van der Waals surface area contributed by atoms with Gasteiger partial charge in [-0.25, -0.2) is 4.98 Å². The molecule has 1 saturated heterocycles. The molecule has 5 heteroatoms. The molecule has 32 heavy (non-hydrogen) atoms. The van der Waals surface area contributed by atoms with Gasteiger partial charge in [0.05, 0.1) is 0 Å². The number of allylic oxidation sites excluding steroid dienone is 1. The van der Waals surface area contributed by atoms with Crippen LogP contribution in [0.5, 0.6) is 0 Å². The van der Waals surface area contributed by atoms with E-state index in [0.717, 1.165) is 43.8 Å². The molecule has 1 fully saturated rings. The Balaban J connectivity index is 0.000000155. The smallest absolute Gasteiger partial charge is 0.126 e. The van der Waals surface area contributed by atoms with E-state index in [1.54, 1.807) is 0 Å². The number of hydrogen-bond donors (Lipinski definition) is 1. The lowest BCUT2D eigenvalue weighted by Gasteiger charge is -2.34. The fourth-order valence-corrected chi connectivity index (χ4v) is 3.93. The van der Waals surface area contributed by atoms with Crippen molar-refractivity contribution in [2.45, 2.75) is 6.42 Å². The SMILES string of the molecule is C=Cc1cccc(N2CCN(C)CC2)c1.CNc1cc2cc(C3=CN=CC3)ccc2cn1. The molecule has 1 aromatic heterocycles. The Morgan fingerprint density at radius 3 is 2.56 bits per heavy atom. The molecular formula is C27H31N5. The molecule has 1 N–H and O–H groups in total. The molecule has 0 radical (unpaired) electrons. The predicted octanol–water partition coefficient (Wildman–Crippen LogP) is 5.17. The Morgan fingerprint density at radius 1 is 1.00 bits per heavy atom. The maximum atomic E-state index is 4.30. The first-order chi connectivity index (χ1) is 15.7. The zero-order valence-electron chi connectivity index (χ0n) is 19.0. The van der Waals surface area contributed by atoms with Gasteiger partial charge in [0, 0.05) is 69.3 Å². The van der Waals surface area contributed by atoms with Crippen LogP contribution in [0.2, 0.25) is 0 Å². The van der Waals surface area contributed by atoms with E-state index in [1.807, 2.05) is 31.7 Å². The number of aliphatic imine (C=N–C) groups is 1. The van der Waals surface area contributed by atoms with Crippen LogP contribution in [0.25, 0.3) is 22.4 Å². The molecule has 2 aromatic carbocycles. The quantitative estimate of drug-likeness (QED) is 0.626. The first-order valence-corrected chi connectivity index (χ1v) is 11.1. The number of hydrogen-bond acceptors (Lipinski definition) is 5. The number of fused-ring (bicyclic) bond motifs is 1. The summed E-state index contributed by atoms with van der Waals surface area (Å²) in [4.78, 5) is 13.3. The van der Waals surface area contributed by atoms with E-state index in [1.165, 1.54) is 27.8 Å². The van der Waals surface area contributed by atoms with Gasteiger partial charge in [-0.3, -0.25) is 4.99 Å². The maximum absolute atomic E-state index is 4.30. The summed E-state index contributed by atoms with van der Waals surface area (Å²) in [7, 11) is 4.06. The summed E-state index contributed by atoms with van der Waals surface area (Å²) in [6, 6.07) is 17.1. The normalized spacial score (nSPS) is 15.8. The fourth-order valence-electron chi connectivity index (χ4n) is 3.93. The van der Waals surface area contributed by atoms with Crippen LogP contribution in [-0.4, -0.2) is 56.4 Å². The van der Waals surface area contributed by atoms with Crippen LogP contribution in [0, 0.1) is 0 Å². The van der Waals surface area contributed by atoms with E-state index >= 15 is 0 Å². The number of piperazine rings is 1. The van der Waals surface area contributed by atoms with Crippen LogP contribution >= 0.6 is 0 Å². The van der Waals surface area contributed by atoms with Gasteiger partial charge in [-0.05, 0) is 53.4 Å². The van der Waals surface area contributed by atoms with E-state index in [9.17, 15) is 0 Å². The summed E-state index contributed by atoms with van der Waals surface area (Å²) >= 11 is 0. The molecule has 0 amide bonds. The van der Waals surface area contributed by atoms with Crippen molar-refractivity contribution in [1.82, 2.24) is 9.88 Å². The molecule has 3 heterocycles. The topological polar surface area (TPSA) is 43.8 Å². The zero-order valence-corrected chi connectivity index (χ0v) is 19.0. The minimum absolute atomic E-state index is 0.895. The van der Waals surface area contributed by atoms with Crippen molar-refractivity contribution >= 4 is 40.1 Å². The maximum Gasteiger partial charge on any atom is 0.126 e. The van der Waals surface area contributed by atoms with E-state index < -0.39 is 0 Å². The van der Waals surface area contributed by atoms with Crippen molar-refractivity contribution in [3.8, 4) is 0 Å². The largest absolute Gasteiger partial charge is 0.373 e. The van der Waals surface area contributed by atoms with Crippen molar-refractivity contribution in [3.63, 3.8) is 0 Å². The van der Waals surface area contributed by atoms with Crippen LogP contribution in [0.1, 0.15) is 17.5 Å². The monoisotopic (exact) mass is 425 g/mol. The molecule has 2 aliphatic rings. The standard InChI is InChI=1S/C14H13N3.C13H18N2/c1-15-14-7-13-6-10(12-4-5-16-8-12)2-3-11(13)9-17-14;1-3-12-5-4-6-13(11-12)15-9-7-14(2)8-10-15/h2-3,5-9H,4H2,1H3,(H,15,17);3-6,11H,1,7-10H2,2H3. The molecule has 0 spiro atoms. The number of rotatable bonds is 4. The molecule has 5 rings (SSSR count). The van der Waals surface area contributed by atoms with E-state index in [2.05, 4.69) is 87.3 Å². The third kappa shape index (κ3) is 5.24. The van der Waals surface area contributed by atoms with Crippen LogP contribution in [0.15, 0.2) is 72.5 Å². The van der Waals surface area contributed by atoms with Crippen LogP contribution in [0.4, 0.5) is 11.5 Å². The third-order valence-corrected chi connectivity index (χ3v) is 5.97. The average molecular weight is 426 g/mol. The lowest BCUT2D eigenvalue weighted by Crippen LogP contribution is -2.44. The number of pyridine rings is 1. The van der Waals surface area contributed by atoms with Crippen LogP contribution in [-0.2, 0) is 0 Å². The second-order valence-corrected chi connectivity index (χ2v) is 8.16. The van der Waals surface area contributed by atoms with Crippen LogP contribution in [0.3, 0.4) is 0 Å². The van der Waals surface area contributed by atoms with Gasteiger partial charge in [0.15, 0.2) is 0 Å². The van der Waals surface area contributed by atoms with Gasteiger partial charge in [-0.15, -0.1) is 0 Å². The van der Waals surface area contributed by atoms with Gasteiger partial charge < -0.3 is 15.1 Å². The first-order valence-electron chi connectivity index (χ1n) is 11.1. The first kappa shape index (κ1) is 21.8. The highest BCUT2D eigenvalue weighted by molar-refractivity contribution is 5.90. The number of nitrogens with zero attached hydrogens (tertiary/aromatic N) is 4. The highest BCUT2D eigenvalue weighted by Gasteiger charge is 2.13. The van der Waals surface area contributed by atoms with Crippen molar-refractivity contribution < 1.29 is 0 Å². The van der Waals surface area contributed by atoms with Gasteiger partial charge in [0.2, 0.25) is 0 Å². The molecule has 0 aliphatic carbocycles. The highest BCUT2D eigenvalue weighted by atomic mass is 15.2. The lowest BCUT2D eigenvalue weighted by molar-refractivity contribution is 0.313. The molecule has 0 bridgehead atoms. The number of nitrogens with one attached hydrogen (secondary N) is 1. The molecule has 3 aromatic rings. The minimum atomic E-state index is 0.895.